The molecule has 0 radical (unpaired) electrons. The van der Waals surface area contributed by atoms with E-state index in [1.54, 1.807) is 6.07 Å². The number of nitrogens with two attached hydrogens (primary N) is 1. The summed E-state index contributed by atoms with van der Waals surface area (Å²) in [6.07, 6.45) is 0.786. The third kappa shape index (κ3) is 2.82. The Morgan fingerprint density at radius 3 is 2.31 bits per heavy atom. The average Bonchev–Trinajstić information content (AvgIpc) is 1.96. The molecule has 2 heteroatoms. The number of aryl methyl sites for hydroxylation is 2. The van der Waals surface area contributed by atoms with Crippen molar-refractivity contribution in [2.45, 2.75) is 52.5 Å². The lowest BCUT2D eigenvalue weighted by molar-refractivity contribution is 0.414. The van der Waals surface area contributed by atoms with Gasteiger partial charge in [-0.05, 0) is 55.4 Å². The molecule has 1 rings (SSSR count). The fourth-order valence-corrected chi connectivity index (χ4v) is 2.68. The van der Waals surface area contributed by atoms with Crippen molar-refractivity contribution in [3.8, 4) is 0 Å². The Hall–Kier alpha value is -0.890. The molecule has 0 spiro atoms. The topological polar surface area (TPSA) is 26.0 Å². The van der Waals surface area contributed by atoms with E-state index in [0.717, 1.165) is 23.1 Å². The Bertz CT molecular complexity index is 357. The van der Waals surface area contributed by atoms with E-state index in [9.17, 15) is 4.39 Å². The van der Waals surface area contributed by atoms with Gasteiger partial charge < -0.3 is 5.73 Å². The highest BCUT2D eigenvalue weighted by molar-refractivity contribution is 5.37. The van der Waals surface area contributed by atoms with Crippen LogP contribution >= 0.6 is 0 Å². The summed E-state index contributed by atoms with van der Waals surface area (Å²) in [5.41, 5.74) is 8.40. The van der Waals surface area contributed by atoms with Gasteiger partial charge in [0.1, 0.15) is 5.82 Å². The molecule has 0 aliphatic heterocycles. The van der Waals surface area contributed by atoms with Crippen LogP contribution in [0.3, 0.4) is 0 Å². The highest BCUT2D eigenvalue weighted by Gasteiger charge is 2.27. The van der Waals surface area contributed by atoms with Crippen molar-refractivity contribution in [3.05, 3.63) is 34.6 Å². The zero-order valence-electron chi connectivity index (χ0n) is 10.9. The maximum absolute atomic E-state index is 14.0. The second kappa shape index (κ2) is 4.54. The second-order valence-electron chi connectivity index (χ2n) is 5.50. The van der Waals surface area contributed by atoms with E-state index in [4.69, 9.17) is 5.73 Å². The zero-order chi connectivity index (χ0) is 12.5. The van der Waals surface area contributed by atoms with E-state index in [2.05, 4.69) is 13.8 Å². The summed E-state index contributed by atoms with van der Waals surface area (Å²) < 4.78 is 14.0. The zero-order valence-corrected chi connectivity index (χ0v) is 10.9. The average molecular weight is 223 g/mol. The molecule has 0 fully saturated rings. The summed E-state index contributed by atoms with van der Waals surface area (Å²) in [5.74, 6) is -0.108. The Morgan fingerprint density at radius 2 is 1.88 bits per heavy atom. The van der Waals surface area contributed by atoms with Crippen LogP contribution in [0.4, 0.5) is 4.39 Å². The standard InChI is InChI=1S/C14H22FN/c1-9-6-10(2)13(12(15)7-9)14(4,5)8-11(3)16/h6-7,11H,8,16H2,1-5H3. The first-order chi connectivity index (χ1) is 7.24. The first-order valence-corrected chi connectivity index (χ1v) is 5.77. The fraction of sp³-hybridized carbons (Fsp3) is 0.571. The Kier molecular flexibility index (Phi) is 3.74. The van der Waals surface area contributed by atoms with Gasteiger partial charge in [0, 0.05) is 6.04 Å². The lowest BCUT2D eigenvalue weighted by atomic mass is 9.77. The van der Waals surface area contributed by atoms with Gasteiger partial charge in [0.25, 0.3) is 0 Å². The minimum Gasteiger partial charge on any atom is -0.328 e. The molecule has 0 saturated carbocycles. The van der Waals surface area contributed by atoms with Crippen LogP contribution in [0.1, 0.15) is 43.9 Å². The van der Waals surface area contributed by atoms with Crippen molar-refractivity contribution in [2.75, 3.05) is 0 Å². The number of hydrogen-bond acceptors (Lipinski definition) is 1. The number of hydrogen-bond donors (Lipinski definition) is 1. The van der Waals surface area contributed by atoms with Crippen LogP contribution in [0.25, 0.3) is 0 Å². The van der Waals surface area contributed by atoms with Crippen LogP contribution in [0.15, 0.2) is 12.1 Å². The van der Waals surface area contributed by atoms with Gasteiger partial charge in [0.2, 0.25) is 0 Å². The van der Waals surface area contributed by atoms with Crippen LogP contribution in [0, 0.1) is 19.7 Å². The van der Waals surface area contributed by atoms with Crippen molar-refractivity contribution in [2.24, 2.45) is 5.73 Å². The van der Waals surface area contributed by atoms with E-state index in [-0.39, 0.29) is 17.3 Å². The lowest BCUT2D eigenvalue weighted by Crippen LogP contribution is -2.29. The van der Waals surface area contributed by atoms with Crippen molar-refractivity contribution >= 4 is 0 Å². The summed E-state index contributed by atoms with van der Waals surface area (Å²) in [5, 5.41) is 0. The van der Waals surface area contributed by atoms with Crippen LogP contribution in [0.5, 0.6) is 0 Å². The smallest absolute Gasteiger partial charge is 0.127 e. The predicted octanol–water partition coefficient (Wildman–Crippen LogP) is 3.46. The van der Waals surface area contributed by atoms with E-state index in [1.807, 2.05) is 26.8 Å². The SMILES string of the molecule is Cc1cc(C)c(C(C)(C)CC(C)N)c(F)c1. The number of benzene rings is 1. The van der Waals surface area contributed by atoms with Crippen molar-refractivity contribution in [3.63, 3.8) is 0 Å². The Balaban J connectivity index is 3.22. The predicted molar refractivity (Wildman–Crippen MR) is 67.2 cm³/mol. The molecular formula is C14H22FN. The minimum atomic E-state index is -0.212. The molecule has 0 aromatic heterocycles. The van der Waals surface area contributed by atoms with E-state index in [0.29, 0.717) is 0 Å². The molecule has 0 saturated heterocycles. The monoisotopic (exact) mass is 223 g/mol. The molecule has 0 bridgehead atoms. The fourth-order valence-electron chi connectivity index (χ4n) is 2.68. The molecule has 16 heavy (non-hydrogen) atoms. The summed E-state index contributed by atoms with van der Waals surface area (Å²) in [4.78, 5) is 0. The third-order valence-corrected chi connectivity index (χ3v) is 2.94. The Labute approximate surface area is 97.9 Å². The molecular weight excluding hydrogens is 201 g/mol. The van der Waals surface area contributed by atoms with Gasteiger partial charge in [-0.3, -0.25) is 0 Å². The summed E-state index contributed by atoms with van der Waals surface area (Å²) >= 11 is 0. The molecule has 1 aromatic carbocycles. The molecule has 2 N–H and O–H groups in total. The maximum atomic E-state index is 14.0. The van der Waals surface area contributed by atoms with Crippen LogP contribution < -0.4 is 5.73 Å². The van der Waals surface area contributed by atoms with Crippen LogP contribution in [-0.2, 0) is 5.41 Å². The van der Waals surface area contributed by atoms with Crippen molar-refractivity contribution in [1.82, 2.24) is 0 Å². The highest BCUT2D eigenvalue weighted by atomic mass is 19.1. The normalized spacial score (nSPS) is 13.9. The van der Waals surface area contributed by atoms with Gasteiger partial charge in [-0.15, -0.1) is 0 Å². The Morgan fingerprint density at radius 1 is 1.31 bits per heavy atom. The molecule has 0 amide bonds. The highest BCUT2D eigenvalue weighted by Crippen LogP contribution is 2.33. The van der Waals surface area contributed by atoms with Crippen LogP contribution in [0.2, 0.25) is 0 Å². The molecule has 0 aliphatic rings. The van der Waals surface area contributed by atoms with Gasteiger partial charge in [0.15, 0.2) is 0 Å². The van der Waals surface area contributed by atoms with Gasteiger partial charge >= 0.3 is 0 Å². The van der Waals surface area contributed by atoms with Gasteiger partial charge in [0.05, 0.1) is 0 Å². The van der Waals surface area contributed by atoms with E-state index in [1.165, 1.54) is 0 Å². The number of rotatable bonds is 3. The maximum Gasteiger partial charge on any atom is 0.127 e. The van der Waals surface area contributed by atoms with Gasteiger partial charge in [-0.1, -0.05) is 19.9 Å². The number of halogens is 1. The molecule has 1 unspecified atom stereocenters. The molecule has 0 heterocycles. The summed E-state index contributed by atoms with van der Waals surface area (Å²) in [7, 11) is 0. The quantitative estimate of drug-likeness (QED) is 0.834. The molecule has 0 aliphatic carbocycles. The second-order valence-corrected chi connectivity index (χ2v) is 5.50. The summed E-state index contributed by atoms with van der Waals surface area (Å²) in [6, 6.07) is 3.71. The van der Waals surface area contributed by atoms with Gasteiger partial charge in [-0.25, -0.2) is 4.39 Å². The first kappa shape index (κ1) is 13.2. The summed E-state index contributed by atoms with van der Waals surface area (Å²) in [6.45, 7) is 9.95. The van der Waals surface area contributed by atoms with Crippen LogP contribution in [-0.4, -0.2) is 6.04 Å². The van der Waals surface area contributed by atoms with Crippen molar-refractivity contribution in [1.29, 1.82) is 0 Å². The largest absolute Gasteiger partial charge is 0.328 e. The van der Waals surface area contributed by atoms with E-state index < -0.39 is 0 Å². The minimum absolute atomic E-state index is 0.0788. The lowest BCUT2D eigenvalue weighted by Gasteiger charge is -2.29. The van der Waals surface area contributed by atoms with Crippen molar-refractivity contribution < 1.29 is 4.39 Å². The molecule has 1 aromatic rings. The molecule has 1 nitrogen and oxygen atoms in total. The molecule has 1 atom stereocenters. The molecule has 90 valence electrons. The van der Waals surface area contributed by atoms with Gasteiger partial charge in [-0.2, -0.15) is 0 Å². The van der Waals surface area contributed by atoms with E-state index >= 15 is 0 Å². The third-order valence-electron chi connectivity index (χ3n) is 2.94. The first-order valence-electron chi connectivity index (χ1n) is 5.77.